The molecule has 0 radical (unpaired) electrons. The molecule has 3 aliphatic carbocycles. The minimum Gasteiger partial charge on any atom is -0.477 e. The van der Waals surface area contributed by atoms with Gasteiger partial charge in [0.2, 0.25) is 0 Å². The van der Waals surface area contributed by atoms with Gasteiger partial charge in [0.1, 0.15) is 0 Å². The summed E-state index contributed by atoms with van der Waals surface area (Å²) in [6, 6.07) is 24.9. The van der Waals surface area contributed by atoms with Crippen molar-refractivity contribution >= 4 is 17.1 Å². The first-order valence-electron chi connectivity index (χ1n) is 15.5. The van der Waals surface area contributed by atoms with Crippen LogP contribution in [0, 0.1) is 0 Å². The van der Waals surface area contributed by atoms with Crippen LogP contribution < -0.4 is 8.92 Å². The number of ether oxygens (including phenoxy) is 1. The van der Waals surface area contributed by atoms with Crippen molar-refractivity contribution in [2.45, 2.75) is 86.0 Å². The van der Waals surface area contributed by atoms with Gasteiger partial charge in [0.05, 0.1) is 17.1 Å². The highest BCUT2D eigenvalue weighted by molar-refractivity contribution is 7.75. The number of ketones is 1. The minimum atomic E-state index is -2.05. The van der Waals surface area contributed by atoms with Crippen molar-refractivity contribution in [1.82, 2.24) is 4.90 Å². The van der Waals surface area contributed by atoms with Gasteiger partial charge >= 0.3 is 11.4 Å². The van der Waals surface area contributed by atoms with E-state index in [-0.39, 0.29) is 29.8 Å². The number of rotatable bonds is 6. The summed E-state index contributed by atoms with van der Waals surface area (Å²) in [5.74, 6) is 0.780. The van der Waals surface area contributed by atoms with E-state index in [1.165, 1.54) is 11.1 Å². The molecule has 224 valence electrons. The normalized spacial score (nSPS) is 31.6. The van der Waals surface area contributed by atoms with Crippen LogP contribution in [0.25, 0.3) is 0 Å². The van der Waals surface area contributed by atoms with Gasteiger partial charge in [-0.05, 0) is 81.3 Å². The van der Waals surface area contributed by atoms with Crippen LogP contribution in [-0.2, 0) is 37.6 Å². The van der Waals surface area contributed by atoms with Crippen LogP contribution in [0.2, 0.25) is 0 Å². The third-order valence-corrected chi connectivity index (χ3v) is 12.1. The second kappa shape index (κ2) is 9.99. The lowest BCUT2D eigenvalue weighted by Gasteiger charge is -2.61. The largest absolute Gasteiger partial charge is 0.477 e. The molecule has 5 aliphatic rings. The van der Waals surface area contributed by atoms with Crippen LogP contribution in [0.5, 0.6) is 11.5 Å². The van der Waals surface area contributed by atoms with Gasteiger partial charge < -0.3 is 18.9 Å². The average Bonchev–Trinajstić information content (AvgIpc) is 3.40. The van der Waals surface area contributed by atoms with Crippen molar-refractivity contribution < 1.29 is 27.2 Å². The smallest absolute Gasteiger partial charge is 0.360 e. The van der Waals surface area contributed by atoms with Gasteiger partial charge in [-0.2, -0.15) is 4.21 Å². The number of carbonyl (C=O) groups is 1. The zero-order valence-electron chi connectivity index (χ0n) is 24.4. The Balaban J connectivity index is 1.03. The Morgan fingerprint density at radius 3 is 2.28 bits per heavy atom. The Morgan fingerprint density at radius 1 is 0.930 bits per heavy atom. The zero-order chi connectivity index (χ0) is 29.4. The topological polar surface area (TPSA) is 85.3 Å². The molecule has 8 rings (SSSR count). The Hall–Kier alpha value is -3.04. The fourth-order valence-electron chi connectivity index (χ4n) is 9.23. The molecule has 7 nitrogen and oxygen atoms in total. The molecule has 43 heavy (non-hydrogen) atoms. The Bertz CT molecular complexity index is 1550. The summed E-state index contributed by atoms with van der Waals surface area (Å²) < 4.78 is 31.7. The van der Waals surface area contributed by atoms with Crippen molar-refractivity contribution in [3.05, 3.63) is 95.1 Å². The summed E-state index contributed by atoms with van der Waals surface area (Å²) in [7, 11) is 2.05. The highest BCUT2D eigenvalue weighted by Crippen LogP contribution is 2.64. The first kappa shape index (κ1) is 27.5. The van der Waals surface area contributed by atoms with E-state index in [0.29, 0.717) is 30.8 Å². The third-order valence-electron chi connectivity index (χ3n) is 11.3. The number of aliphatic hydroxyl groups is 1. The van der Waals surface area contributed by atoms with Crippen LogP contribution in [0.15, 0.2) is 72.8 Å². The van der Waals surface area contributed by atoms with Gasteiger partial charge in [-0.15, -0.1) is 0 Å². The van der Waals surface area contributed by atoms with Gasteiger partial charge in [-0.25, -0.2) is 0 Å². The molecule has 0 aromatic heterocycles. The lowest BCUT2D eigenvalue weighted by atomic mass is 9.49. The Labute approximate surface area is 255 Å². The third kappa shape index (κ3) is 3.89. The number of likely N-dealkylation sites (tertiary alicyclic amines) is 1. The van der Waals surface area contributed by atoms with Gasteiger partial charge in [0, 0.05) is 23.4 Å². The van der Waals surface area contributed by atoms with Gasteiger partial charge in [0.25, 0.3) is 0 Å². The summed E-state index contributed by atoms with van der Waals surface area (Å²) >= 11 is -2.05. The van der Waals surface area contributed by atoms with E-state index >= 15 is 0 Å². The molecule has 3 aromatic rings. The fourth-order valence-corrected chi connectivity index (χ4v) is 9.96. The number of nitrogens with zero attached hydrogens (tertiary/aromatic N) is 1. The van der Waals surface area contributed by atoms with E-state index < -0.39 is 28.5 Å². The van der Waals surface area contributed by atoms with Crippen LogP contribution >= 0.6 is 0 Å². The highest BCUT2D eigenvalue weighted by Gasteiger charge is 2.72. The predicted octanol–water partition coefficient (Wildman–Crippen LogP) is 4.94. The summed E-state index contributed by atoms with van der Waals surface area (Å²) in [6.07, 6.45) is 4.28. The number of Topliss-reactive ketones (excluding diaryl/α,β-unsaturated/α-hetero) is 1. The molecule has 5 unspecified atom stereocenters. The second-order valence-electron chi connectivity index (χ2n) is 13.1. The minimum absolute atomic E-state index is 0.0165. The first-order chi connectivity index (χ1) is 20.9. The van der Waals surface area contributed by atoms with Crippen molar-refractivity contribution in [2.75, 3.05) is 13.6 Å². The first-order valence-corrected chi connectivity index (χ1v) is 16.5. The van der Waals surface area contributed by atoms with Crippen LogP contribution in [-0.4, -0.2) is 57.4 Å². The molecule has 3 aromatic carbocycles. The predicted molar refractivity (Wildman–Crippen MR) is 162 cm³/mol. The Morgan fingerprint density at radius 2 is 1.60 bits per heavy atom. The van der Waals surface area contributed by atoms with E-state index in [9.17, 15) is 14.1 Å². The van der Waals surface area contributed by atoms with Crippen LogP contribution in [0.4, 0.5) is 0 Å². The van der Waals surface area contributed by atoms with Gasteiger partial charge in [-0.1, -0.05) is 66.7 Å². The molecule has 1 N–H and O–H groups in total. The summed E-state index contributed by atoms with van der Waals surface area (Å²) in [6.45, 7) is 0.772. The summed E-state index contributed by atoms with van der Waals surface area (Å²) in [5, 5.41) is 12.2. The molecule has 5 atom stereocenters. The van der Waals surface area contributed by atoms with Gasteiger partial charge in [0.15, 0.2) is 23.4 Å². The standard InChI is InChI=1S/C35H37NO6S/c1-36-21-20-34-30-23-12-13-28(31(30)40-32(34)27(37)16-19-35(34,38)29(36)22-23)42-43(39)41-26-14-17-33(18-15-26,24-8-4-2-5-9-24)25-10-6-3-7-11-25/h2-13,26,29,32,38H,14-22H2,1H3. The molecule has 1 spiro atoms. The van der Waals surface area contributed by atoms with Crippen LogP contribution in [0.1, 0.15) is 67.2 Å². The molecule has 3 fully saturated rings. The molecule has 2 heterocycles. The number of hydrogen-bond acceptors (Lipinski definition) is 7. The van der Waals surface area contributed by atoms with Crippen LogP contribution in [0.3, 0.4) is 0 Å². The molecule has 2 bridgehead atoms. The molecule has 0 amide bonds. The van der Waals surface area contributed by atoms with Crippen molar-refractivity contribution in [3.8, 4) is 11.5 Å². The van der Waals surface area contributed by atoms with E-state index in [4.69, 9.17) is 13.1 Å². The lowest BCUT2D eigenvalue weighted by Crippen LogP contribution is -2.76. The monoisotopic (exact) mass is 599 g/mol. The van der Waals surface area contributed by atoms with Crippen molar-refractivity contribution in [3.63, 3.8) is 0 Å². The zero-order valence-corrected chi connectivity index (χ0v) is 25.2. The highest BCUT2D eigenvalue weighted by atomic mass is 32.2. The van der Waals surface area contributed by atoms with E-state index in [0.717, 1.165) is 43.4 Å². The number of carbonyl (C=O) groups excluding carboxylic acids is 1. The molecule has 8 heteroatoms. The molecular weight excluding hydrogens is 562 g/mol. The average molecular weight is 600 g/mol. The molecule has 2 saturated carbocycles. The number of benzene rings is 3. The summed E-state index contributed by atoms with van der Waals surface area (Å²) in [5.41, 5.74) is 2.55. The molecular formula is C35H37NO6S. The maximum absolute atomic E-state index is 13.3. The van der Waals surface area contributed by atoms with Crippen molar-refractivity contribution in [1.29, 1.82) is 0 Å². The summed E-state index contributed by atoms with van der Waals surface area (Å²) in [4.78, 5) is 15.4. The number of hydrogen-bond donors (Lipinski definition) is 1. The molecule has 1 saturated heterocycles. The second-order valence-corrected chi connectivity index (χ2v) is 13.9. The lowest BCUT2D eigenvalue weighted by molar-refractivity contribution is -0.185. The maximum Gasteiger partial charge on any atom is 0.360 e. The number of piperidine rings is 1. The number of likely N-dealkylation sites (N-methyl/N-ethyl adjacent to an activating group) is 1. The molecule has 2 aliphatic heterocycles. The maximum atomic E-state index is 13.3. The Kier molecular flexibility index (Phi) is 6.39. The SMILES string of the molecule is CN1CCC23c4c5ccc(OS(=O)OC6CCC(c7ccccc7)(c7ccccc7)CC6)c4OC2C(=O)CCC3(O)C1C5. The van der Waals surface area contributed by atoms with E-state index in [1.807, 2.05) is 18.2 Å². The van der Waals surface area contributed by atoms with Gasteiger partial charge in [-0.3, -0.25) is 8.98 Å². The van der Waals surface area contributed by atoms with Crippen molar-refractivity contribution in [2.24, 2.45) is 0 Å². The van der Waals surface area contributed by atoms with E-state index in [2.05, 4.69) is 60.5 Å². The quantitative estimate of drug-likeness (QED) is 0.430. The fraction of sp³-hybridized carbons (Fsp3) is 0.457. The van der Waals surface area contributed by atoms with E-state index in [1.54, 1.807) is 6.07 Å².